The summed E-state index contributed by atoms with van der Waals surface area (Å²) in [5.74, 6) is 0.677. The Morgan fingerprint density at radius 2 is 1.37 bits per heavy atom. The maximum absolute atomic E-state index is 12.9. The Bertz CT molecular complexity index is 3060. The SMILES string of the molecule is Cc1nnc(-c2ccc(CNC(=O)CCCCC[N+]3=C(C=CC=CC=CC=C4N(CCCCS(=O)(=O)[O-])c5ccc6ccccc6c5C4(C)C)C(C)(C)c4c3ccc3ccccc43)cc2)nn1. The summed E-state index contributed by atoms with van der Waals surface area (Å²) in [6, 6.07) is 33.6. The molecule has 3 heterocycles. The van der Waals surface area contributed by atoms with Gasteiger partial charge < -0.3 is 14.8 Å². The lowest BCUT2D eigenvalue weighted by molar-refractivity contribution is -0.438. The van der Waals surface area contributed by atoms with Gasteiger partial charge in [-0.15, -0.1) is 20.4 Å². The predicted octanol–water partition coefficient (Wildman–Crippen LogP) is 10.5. The third-order valence-electron chi connectivity index (χ3n) is 13.1. The third kappa shape index (κ3) is 10.5. The van der Waals surface area contributed by atoms with Crippen molar-refractivity contribution in [1.82, 2.24) is 25.7 Å². The van der Waals surface area contributed by atoms with Gasteiger partial charge in [-0.05, 0) is 97.3 Å². The number of carbonyl (C=O) groups excluding carboxylic acids is 1. The summed E-state index contributed by atoms with van der Waals surface area (Å²) in [5.41, 5.74) is 8.57. The van der Waals surface area contributed by atoms with Crippen molar-refractivity contribution in [3.8, 4) is 11.4 Å². The Morgan fingerprint density at radius 3 is 2.09 bits per heavy atom. The van der Waals surface area contributed by atoms with Gasteiger partial charge in [-0.2, -0.15) is 4.58 Å². The van der Waals surface area contributed by atoms with Crippen LogP contribution in [-0.2, 0) is 32.3 Å². The quantitative estimate of drug-likeness (QED) is 0.0386. The Kier molecular flexibility index (Phi) is 14.1. The number of unbranched alkanes of at least 4 members (excludes halogenated alkanes) is 3. The lowest BCUT2D eigenvalue weighted by atomic mass is 9.79. The molecule has 0 atom stereocenters. The van der Waals surface area contributed by atoms with Crippen molar-refractivity contribution in [3.63, 3.8) is 0 Å². The number of amides is 1. The first kappa shape index (κ1) is 46.9. The molecule has 0 aliphatic carbocycles. The molecule has 67 heavy (non-hydrogen) atoms. The number of carbonyl (C=O) groups is 1. The summed E-state index contributed by atoms with van der Waals surface area (Å²) in [7, 11) is -4.26. The molecule has 0 spiro atoms. The van der Waals surface area contributed by atoms with E-state index in [1.807, 2.05) is 36.4 Å². The number of aromatic nitrogens is 4. The number of nitrogens with zero attached hydrogens (tertiary/aromatic N) is 6. The van der Waals surface area contributed by atoms with E-state index in [-0.39, 0.29) is 22.5 Å². The summed E-state index contributed by atoms with van der Waals surface area (Å²) in [4.78, 5) is 15.1. The minimum Gasteiger partial charge on any atom is -0.748 e. The Labute approximate surface area is 394 Å². The second-order valence-electron chi connectivity index (χ2n) is 18.5. The third-order valence-corrected chi connectivity index (χ3v) is 13.8. The van der Waals surface area contributed by atoms with Gasteiger partial charge in [-0.1, -0.05) is 123 Å². The molecule has 0 bridgehead atoms. The van der Waals surface area contributed by atoms with Gasteiger partial charge in [0.15, 0.2) is 11.5 Å². The van der Waals surface area contributed by atoms with Gasteiger partial charge in [0.05, 0.1) is 15.5 Å². The zero-order valence-electron chi connectivity index (χ0n) is 39.1. The molecule has 12 heteroatoms. The minimum atomic E-state index is -4.26. The standard InChI is InChI=1S/C55H59N7O4S/c1-39-57-59-53(60-58-39)43-29-27-40(28-30-43)38-56-50(63)26-12-9-17-35-61-46-33-31-41-20-13-15-22-44(41)51(46)54(2,3)48(61)24-10-7-6-8-11-25-49-55(4,5)52-45-23-16-14-21-42(45)32-34-47(52)62(49)36-18-19-37-67(64,65)66/h6-8,10-11,13-16,20-25,27-34H,9,12,17-19,26,35-38H2,1-5H3,(H-,56,63,64,65,66). The molecule has 5 aromatic carbocycles. The number of nitrogens with one attached hydrogen (secondary N) is 1. The Hall–Kier alpha value is -6.63. The summed E-state index contributed by atoms with van der Waals surface area (Å²) >= 11 is 0. The molecule has 1 aromatic heterocycles. The fourth-order valence-corrected chi connectivity index (χ4v) is 10.3. The van der Waals surface area contributed by atoms with Crippen LogP contribution in [0.2, 0.25) is 0 Å². The molecular formula is C55H59N7O4S. The van der Waals surface area contributed by atoms with Crippen molar-refractivity contribution < 1.29 is 22.3 Å². The van der Waals surface area contributed by atoms with Gasteiger partial charge in [0.25, 0.3) is 0 Å². The van der Waals surface area contributed by atoms with Crippen LogP contribution in [-0.4, -0.2) is 68.4 Å². The van der Waals surface area contributed by atoms with Gasteiger partial charge >= 0.3 is 0 Å². The zero-order valence-corrected chi connectivity index (χ0v) is 39.9. The van der Waals surface area contributed by atoms with Crippen LogP contribution in [0.5, 0.6) is 0 Å². The highest BCUT2D eigenvalue weighted by Gasteiger charge is 2.45. The van der Waals surface area contributed by atoms with Crippen molar-refractivity contribution in [2.45, 2.75) is 90.5 Å². The molecule has 0 radical (unpaired) electrons. The number of hydrogen-bond acceptors (Lipinski definition) is 9. The average Bonchev–Trinajstić information content (AvgIpc) is 3.67. The van der Waals surface area contributed by atoms with E-state index in [0.29, 0.717) is 44.0 Å². The Morgan fingerprint density at radius 1 is 0.716 bits per heavy atom. The van der Waals surface area contributed by atoms with E-state index in [1.165, 1.54) is 44.1 Å². The number of hydrogen-bond donors (Lipinski definition) is 1. The van der Waals surface area contributed by atoms with Gasteiger partial charge in [0, 0.05) is 71.8 Å². The van der Waals surface area contributed by atoms with E-state index < -0.39 is 10.1 Å². The fourth-order valence-electron chi connectivity index (χ4n) is 9.77. The lowest BCUT2D eigenvalue weighted by Gasteiger charge is -2.27. The first-order valence-corrected chi connectivity index (χ1v) is 24.8. The topological polar surface area (TPSA) is 144 Å². The molecule has 6 aromatic rings. The number of anilines is 1. The molecule has 2 aliphatic rings. The van der Waals surface area contributed by atoms with Crippen LogP contribution in [0.1, 0.15) is 88.7 Å². The lowest BCUT2D eigenvalue weighted by Crippen LogP contribution is -2.28. The van der Waals surface area contributed by atoms with Crippen LogP contribution in [0.4, 0.5) is 11.4 Å². The maximum Gasteiger partial charge on any atom is 0.220 e. The number of fused-ring (bicyclic) bond motifs is 6. The van der Waals surface area contributed by atoms with Gasteiger partial charge in [0.1, 0.15) is 6.54 Å². The van der Waals surface area contributed by atoms with Crippen molar-refractivity contribution in [2.75, 3.05) is 23.7 Å². The van der Waals surface area contributed by atoms with E-state index >= 15 is 0 Å². The van der Waals surface area contributed by atoms with Crippen LogP contribution in [0, 0.1) is 6.92 Å². The molecule has 1 amide bonds. The summed E-state index contributed by atoms with van der Waals surface area (Å²) in [6.45, 7) is 12.8. The van der Waals surface area contributed by atoms with Gasteiger partial charge in [-0.3, -0.25) is 4.79 Å². The number of benzene rings is 5. The molecule has 2 aliphatic heterocycles. The van der Waals surface area contributed by atoms with Crippen molar-refractivity contribution >= 4 is 54.7 Å². The monoisotopic (exact) mass is 913 g/mol. The Balaban J connectivity index is 0.929. The largest absolute Gasteiger partial charge is 0.748 e. The van der Waals surface area contributed by atoms with E-state index in [0.717, 1.165) is 48.3 Å². The van der Waals surface area contributed by atoms with E-state index in [1.54, 1.807) is 6.92 Å². The maximum atomic E-state index is 12.9. The molecule has 11 nitrogen and oxygen atoms in total. The highest BCUT2D eigenvalue weighted by molar-refractivity contribution is 7.85. The minimum absolute atomic E-state index is 0.0420. The smallest absolute Gasteiger partial charge is 0.220 e. The summed E-state index contributed by atoms with van der Waals surface area (Å²) in [6.07, 6.45) is 18.8. The molecule has 8 rings (SSSR count). The highest BCUT2D eigenvalue weighted by Crippen LogP contribution is 2.51. The van der Waals surface area contributed by atoms with Crippen LogP contribution in [0.3, 0.4) is 0 Å². The highest BCUT2D eigenvalue weighted by atomic mass is 32.2. The van der Waals surface area contributed by atoms with E-state index in [2.05, 4.69) is 166 Å². The van der Waals surface area contributed by atoms with Crippen LogP contribution in [0.25, 0.3) is 32.9 Å². The molecule has 0 saturated carbocycles. The number of allylic oxidation sites excluding steroid dienone is 8. The van der Waals surface area contributed by atoms with E-state index in [9.17, 15) is 17.8 Å². The first-order chi connectivity index (χ1) is 32.2. The number of rotatable bonds is 18. The second-order valence-corrected chi connectivity index (χ2v) is 20.0. The van der Waals surface area contributed by atoms with Crippen LogP contribution < -0.4 is 10.2 Å². The van der Waals surface area contributed by atoms with Gasteiger partial charge in [-0.25, -0.2) is 8.42 Å². The van der Waals surface area contributed by atoms with Crippen molar-refractivity contribution in [1.29, 1.82) is 0 Å². The zero-order chi connectivity index (χ0) is 47.2. The van der Waals surface area contributed by atoms with Crippen molar-refractivity contribution in [2.24, 2.45) is 0 Å². The summed E-state index contributed by atoms with van der Waals surface area (Å²) in [5, 5.41) is 24.1. The number of aryl methyl sites for hydroxylation is 1. The molecular weight excluding hydrogens is 855 g/mol. The second kappa shape index (κ2) is 20.1. The molecule has 0 fully saturated rings. The summed E-state index contributed by atoms with van der Waals surface area (Å²) < 4.78 is 36.5. The molecule has 0 unspecified atom stereocenters. The van der Waals surface area contributed by atoms with Gasteiger partial charge in [0.2, 0.25) is 17.4 Å². The molecule has 1 N–H and O–H groups in total. The first-order valence-electron chi connectivity index (χ1n) is 23.2. The van der Waals surface area contributed by atoms with Crippen LogP contribution in [0.15, 0.2) is 145 Å². The molecule has 344 valence electrons. The van der Waals surface area contributed by atoms with Crippen LogP contribution >= 0.6 is 0 Å². The normalized spacial score (nSPS) is 16.1. The van der Waals surface area contributed by atoms with E-state index in [4.69, 9.17) is 0 Å². The predicted molar refractivity (Wildman–Crippen MR) is 268 cm³/mol. The average molecular weight is 914 g/mol. The molecule has 0 saturated heterocycles. The van der Waals surface area contributed by atoms with Crippen molar-refractivity contribution in [3.05, 3.63) is 168 Å². The fraction of sp³-hybridized carbons (Fsp3) is 0.309.